The highest BCUT2D eigenvalue weighted by atomic mass is 19.1. The smallest absolute Gasteiger partial charge is 0.124 e. The fourth-order valence-electron chi connectivity index (χ4n) is 1.89. The summed E-state index contributed by atoms with van der Waals surface area (Å²) in [7, 11) is 1.57. The van der Waals surface area contributed by atoms with Crippen LogP contribution in [0.5, 0.6) is 5.75 Å². The largest absolute Gasteiger partial charge is 0.496 e. The second kappa shape index (κ2) is 4.96. The molecule has 2 rings (SSSR count). The fraction of sp³-hybridized carbons (Fsp3) is 0.143. The number of hydrogen-bond acceptors (Lipinski definition) is 3. The maximum atomic E-state index is 13.1. The molecule has 0 unspecified atom stereocenters. The van der Waals surface area contributed by atoms with E-state index in [1.807, 2.05) is 6.07 Å². The first-order chi connectivity index (χ1) is 8.61. The Morgan fingerprint density at radius 2 is 1.94 bits per heavy atom. The predicted octanol–water partition coefficient (Wildman–Crippen LogP) is 2.59. The number of anilines is 2. The zero-order valence-electron chi connectivity index (χ0n) is 10.1. The highest BCUT2D eigenvalue weighted by Gasteiger charge is 2.11. The molecule has 0 aliphatic heterocycles. The molecule has 0 atom stereocenters. The van der Waals surface area contributed by atoms with E-state index < -0.39 is 0 Å². The van der Waals surface area contributed by atoms with Crippen LogP contribution in [0.25, 0.3) is 0 Å². The van der Waals surface area contributed by atoms with Gasteiger partial charge < -0.3 is 16.2 Å². The minimum absolute atomic E-state index is 0.269. The predicted molar refractivity (Wildman–Crippen MR) is 71.0 cm³/mol. The van der Waals surface area contributed by atoms with E-state index in [1.54, 1.807) is 25.3 Å². The standard InChI is InChI=1S/C14H15FN2O/c1-18-13-6-5-12(16)14(17)11(13)8-9-3-2-4-10(15)7-9/h2-7H,8,16-17H2,1H3. The first kappa shape index (κ1) is 12.2. The van der Waals surface area contributed by atoms with Crippen LogP contribution >= 0.6 is 0 Å². The van der Waals surface area contributed by atoms with Gasteiger partial charge in [0.1, 0.15) is 11.6 Å². The SMILES string of the molecule is COc1ccc(N)c(N)c1Cc1cccc(F)c1. The molecular formula is C14H15FN2O. The number of nitrogens with two attached hydrogens (primary N) is 2. The Hall–Kier alpha value is -2.23. The molecule has 4 heteroatoms. The number of methoxy groups -OCH3 is 1. The van der Waals surface area contributed by atoms with Gasteiger partial charge in [-0.05, 0) is 29.8 Å². The molecule has 0 heterocycles. The summed E-state index contributed by atoms with van der Waals surface area (Å²) >= 11 is 0. The lowest BCUT2D eigenvalue weighted by atomic mass is 10.0. The van der Waals surface area contributed by atoms with Crippen molar-refractivity contribution in [1.29, 1.82) is 0 Å². The molecular weight excluding hydrogens is 231 g/mol. The van der Waals surface area contributed by atoms with Crippen LogP contribution in [0.1, 0.15) is 11.1 Å². The molecule has 2 aromatic carbocycles. The van der Waals surface area contributed by atoms with Gasteiger partial charge in [-0.15, -0.1) is 0 Å². The molecule has 0 radical (unpaired) electrons. The lowest BCUT2D eigenvalue weighted by Gasteiger charge is -2.13. The molecule has 2 aromatic rings. The van der Waals surface area contributed by atoms with E-state index >= 15 is 0 Å². The average Bonchev–Trinajstić information content (AvgIpc) is 2.35. The summed E-state index contributed by atoms with van der Waals surface area (Å²) in [5.41, 5.74) is 14.3. The van der Waals surface area contributed by atoms with Gasteiger partial charge in [-0.3, -0.25) is 0 Å². The second-order valence-electron chi connectivity index (χ2n) is 4.06. The van der Waals surface area contributed by atoms with Gasteiger partial charge in [-0.1, -0.05) is 12.1 Å². The Labute approximate surface area is 105 Å². The van der Waals surface area contributed by atoms with Crippen LogP contribution in [0.4, 0.5) is 15.8 Å². The van der Waals surface area contributed by atoms with E-state index in [9.17, 15) is 4.39 Å². The number of ether oxygens (including phenoxy) is 1. The lowest BCUT2D eigenvalue weighted by molar-refractivity contribution is 0.411. The van der Waals surface area contributed by atoms with Gasteiger partial charge in [0, 0.05) is 12.0 Å². The first-order valence-electron chi connectivity index (χ1n) is 5.57. The van der Waals surface area contributed by atoms with E-state index in [4.69, 9.17) is 16.2 Å². The quantitative estimate of drug-likeness (QED) is 0.818. The fourth-order valence-corrected chi connectivity index (χ4v) is 1.89. The van der Waals surface area contributed by atoms with Gasteiger partial charge in [-0.2, -0.15) is 0 Å². The van der Waals surface area contributed by atoms with E-state index in [-0.39, 0.29) is 5.82 Å². The van der Waals surface area contributed by atoms with Crippen molar-refractivity contribution in [1.82, 2.24) is 0 Å². The summed E-state index contributed by atoms with van der Waals surface area (Å²) in [6, 6.07) is 9.85. The van der Waals surface area contributed by atoms with Crippen molar-refractivity contribution < 1.29 is 9.13 Å². The molecule has 18 heavy (non-hydrogen) atoms. The average molecular weight is 246 g/mol. The number of nitrogen functional groups attached to an aromatic ring is 2. The van der Waals surface area contributed by atoms with Gasteiger partial charge in [0.25, 0.3) is 0 Å². The molecule has 4 N–H and O–H groups in total. The Bertz CT molecular complexity index is 570. The molecule has 0 saturated heterocycles. The van der Waals surface area contributed by atoms with Crippen molar-refractivity contribution in [2.24, 2.45) is 0 Å². The van der Waals surface area contributed by atoms with Crippen LogP contribution in [-0.2, 0) is 6.42 Å². The second-order valence-corrected chi connectivity index (χ2v) is 4.06. The third kappa shape index (κ3) is 2.37. The topological polar surface area (TPSA) is 61.3 Å². The van der Waals surface area contributed by atoms with E-state index in [1.165, 1.54) is 12.1 Å². The number of benzene rings is 2. The van der Waals surface area contributed by atoms with Gasteiger partial charge >= 0.3 is 0 Å². The molecule has 0 aliphatic carbocycles. The van der Waals surface area contributed by atoms with Crippen LogP contribution in [0.3, 0.4) is 0 Å². The number of rotatable bonds is 3. The van der Waals surface area contributed by atoms with Gasteiger partial charge in [0.15, 0.2) is 0 Å². The van der Waals surface area contributed by atoms with Crippen molar-refractivity contribution in [2.45, 2.75) is 6.42 Å². The van der Waals surface area contributed by atoms with Crippen LogP contribution in [0, 0.1) is 5.82 Å². The van der Waals surface area contributed by atoms with Gasteiger partial charge in [0.05, 0.1) is 18.5 Å². The summed E-state index contributed by atoms with van der Waals surface area (Å²) < 4.78 is 18.4. The highest BCUT2D eigenvalue weighted by Crippen LogP contribution is 2.31. The normalized spacial score (nSPS) is 10.3. The van der Waals surface area contributed by atoms with Crippen LogP contribution < -0.4 is 16.2 Å². The van der Waals surface area contributed by atoms with Gasteiger partial charge in [-0.25, -0.2) is 4.39 Å². The van der Waals surface area contributed by atoms with Gasteiger partial charge in [0.2, 0.25) is 0 Å². The zero-order valence-corrected chi connectivity index (χ0v) is 10.1. The number of hydrogen-bond donors (Lipinski definition) is 2. The van der Waals surface area contributed by atoms with Crippen molar-refractivity contribution in [3.63, 3.8) is 0 Å². The Morgan fingerprint density at radius 1 is 1.17 bits per heavy atom. The van der Waals surface area contributed by atoms with Crippen molar-refractivity contribution in [2.75, 3.05) is 18.6 Å². The summed E-state index contributed by atoms with van der Waals surface area (Å²) in [6.45, 7) is 0. The minimum atomic E-state index is -0.269. The zero-order chi connectivity index (χ0) is 13.1. The molecule has 0 aliphatic rings. The van der Waals surface area contributed by atoms with Crippen molar-refractivity contribution in [3.8, 4) is 5.75 Å². The summed E-state index contributed by atoms with van der Waals surface area (Å²) in [5.74, 6) is 0.389. The summed E-state index contributed by atoms with van der Waals surface area (Å²) in [5, 5.41) is 0. The highest BCUT2D eigenvalue weighted by molar-refractivity contribution is 5.71. The molecule has 0 aromatic heterocycles. The van der Waals surface area contributed by atoms with E-state index in [0.29, 0.717) is 23.5 Å². The van der Waals surface area contributed by atoms with Crippen LogP contribution in [0.15, 0.2) is 36.4 Å². The molecule has 3 nitrogen and oxygen atoms in total. The Morgan fingerprint density at radius 3 is 2.61 bits per heavy atom. The molecule has 0 spiro atoms. The summed E-state index contributed by atoms with van der Waals surface area (Å²) in [6.07, 6.45) is 0.484. The Balaban J connectivity index is 2.42. The van der Waals surface area contributed by atoms with Crippen LogP contribution in [-0.4, -0.2) is 7.11 Å². The molecule has 0 fully saturated rings. The number of halogens is 1. The third-order valence-corrected chi connectivity index (χ3v) is 2.84. The molecule has 0 bridgehead atoms. The van der Waals surface area contributed by atoms with Crippen molar-refractivity contribution >= 4 is 11.4 Å². The summed E-state index contributed by atoms with van der Waals surface area (Å²) in [4.78, 5) is 0. The van der Waals surface area contributed by atoms with Crippen molar-refractivity contribution in [3.05, 3.63) is 53.3 Å². The Kier molecular flexibility index (Phi) is 3.37. The lowest BCUT2D eigenvalue weighted by Crippen LogP contribution is -2.03. The minimum Gasteiger partial charge on any atom is -0.496 e. The third-order valence-electron chi connectivity index (χ3n) is 2.84. The maximum Gasteiger partial charge on any atom is 0.124 e. The van der Waals surface area contributed by atoms with E-state index in [2.05, 4.69) is 0 Å². The molecule has 94 valence electrons. The monoisotopic (exact) mass is 246 g/mol. The van der Waals surface area contributed by atoms with E-state index in [0.717, 1.165) is 11.1 Å². The van der Waals surface area contributed by atoms with Crippen LogP contribution in [0.2, 0.25) is 0 Å². The maximum absolute atomic E-state index is 13.1. The molecule has 0 saturated carbocycles. The molecule has 0 amide bonds. The first-order valence-corrected chi connectivity index (χ1v) is 5.57.